The minimum atomic E-state index is -0.00787. The van der Waals surface area contributed by atoms with Gasteiger partial charge in [0.25, 0.3) is 0 Å². The van der Waals surface area contributed by atoms with Gasteiger partial charge in [-0.3, -0.25) is 0 Å². The molecule has 2 aromatic rings. The minimum Gasteiger partial charge on any atom is -0.493 e. The highest BCUT2D eigenvalue weighted by molar-refractivity contribution is 5.43. The summed E-state index contributed by atoms with van der Waals surface area (Å²) in [4.78, 5) is 0. The van der Waals surface area contributed by atoms with Gasteiger partial charge in [0.15, 0.2) is 11.5 Å². The zero-order chi connectivity index (χ0) is 15.1. The SMILES string of the molecule is COc1cc(CO)ccc1OCCCc1cccc(N)c1. The molecule has 0 unspecified atom stereocenters. The van der Waals surface area contributed by atoms with E-state index in [9.17, 15) is 0 Å². The van der Waals surface area contributed by atoms with Crippen molar-refractivity contribution in [3.05, 3.63) is 53.6 Å². The number of ether oxygens (including phenoxy) is 2. The molecular weight excluding hydrogens is 266 g/mol. The van der Waals surface area contributed by atoms with Crippen LogP contribution in [0.3, 0.4) is 0 Å². The summed E-state index contributed by atoms with van der Waals surface area (Å²) >= 11 is 0. The summed E-state index contributed by atoms with van der Waals surface area (Å²) in [6.07, 6.45) is 1.82. The van der Waals surface area contributed by atoms with Crippen molar-refractivity contribution in [2.24, 2.45) is 0 Å². The van der Waals surface area contributed by atoms with Crippen LogP contribution in [-0.4, -0.2) is 18.8 Å². The molecule has 4 heteroatoms. The summed E-state index contributed by atoms with van der Waals surface area (Å²) in [6, 6.07) is 13.3. The van der Waals surface area contributed by atoms with Crippen LogP contribution < -0.4 is 15.2 Å². The van der Waals surface area contributed by atoms with Crippen molar-refractivity contribution < 1.29 is 14.6 Å². The first-order valence-electron chi connectivity index (χ1n) is 6.98. The van der Waals surface area contributed by atoms with Crippen molar-refractivity contribution in [2.75, 3.05) is 19.5 Å². The monoisotopic (exact) mass is 287 g/mol. The van der Waals surface area contributed by atoms with Crippen molar-refractivity contribution in [2.45, 2.75) is 19.4 Å². The molecule has 2 rings (SSSR count). The number of nitrogens with two attached hydrogens (primary N) is 1. The first-order chi connectivity index (χ1) is 10.2. The van der Waals surface area contributed by atoms with Crippen LogP contribution in [0.5, 0.6) is 11.5 Å². The number of hydrogen-bond acceptors (Lipinski definition) is 4. The van der Waals surface area contributed by atoms with Crippen LogP contribution in [0.25, 0.3) is 0 Å². The van der Waals surface area contributed by atoms with Crippen LogP contribution in [0.15, 0.2) is 42.5 Å². The van der Waals surface area contributed by atoms with Gasteiger partial charge in [-0.05, 0) is 48.2 Å². The highest BCUT2D eigenvalue weighted by Crippen LogP contribution is 2.28. The number of benzene rings is 2. The molecule has 0 amide bonds. The molecular formula is C17H21NO3. The number of rotatable bonds is 7. The zero-order valence-corrected chi connectivity index (χ0v) is 12.2. The van der Waals surface area contributed by atoms with Gasteiger partial charge < -0.3 is 20.3 Å². The summed E-state index contributed by atoms with van der Waals surface area (Å²) in [5.41, 5.74) is 8.55. The Labute approximate surface area is 125 Å². The van der Waals surface area contributed by atoms with Crippen LogP contribution in [0.4, 0.5) is 5.69 Å². The number of methoxy groups -OCH3 is 1. The minimum absolute atomic E-state index is 0.00787. The van der Waals surface area contributed by atoms with Crippen LogP contribution >= 0.6 is 0 Å². The van der Waals surface area contributed by atoms with Crippen LogP contribution in [0, 0.1) is 0 Å². The Kier molecular flexibility index (Phi) is 5.46. The van der Waals surface area contributed by atoms with Gasteiger partial charge in [0.1, 0.15) is 0 Å². The topological polar surface area (TPSA) is 64.7 Å². The molecule has 112 valence electrons. The maximum Gasteiger partial charge on any atom is 0.161 e. The molecule has 0 spiro atoms. The fourth-order valence-electron chi connectivity index (χ4n) is 2.14. The molecule has 0 aliphatic carbocycles. The summed E-state index contributed by atoms with van der Waals surface area (Å²) < 4.78 is 11.0. The molecule has 0 heterocycles. The number of hydrogen-bond donors (Lipinski definition) is 2. The molecule has 0 saturated carbocycles. The fraction of sp³-hybridized carbons (Fsp3) is 0.294. The molecule has 0 aromatic heterocycles. The van der Waals surface area contributed by atoms with Crippen molar-refractivity contribution >= 4 is 5.69 Å². The maximum absolute atomic E-state index is 9.10. The second-order valence-corrected chi connectivity index (χ2v) is 4.84. The van der Waals surface area contributed by atoms with Crippen LogP contribution in [0.2, 0.25) is 0 Å². The number of aliphatic hydroxyl groups is 1. The highest BCUT2D eigenvalue weighted by atomic mass is 16.5. The first kappa shape index (κ1) is 15.2. The number of nitrogen functional groups attached to an aromatic ring is 1. The van der Waals surface area contributed by atoms with Gasteiger partial charge >= 0.3 is 0 Å². The van der Waals surface area contributed by atoms with E-state index in [0.717, 1.165) is 24.1 Å². The van der Waals surface area contributed by atoms with Gasteiger partial charge in [0.2, 0.25) is 0 Å². The summed E-state index contributed by atoms with van der Waals surface area (Å²) in [6.45, 7) is 0.593. The normalized spacial score (nSPS) is 10.4. The van der Waals surface area contributed by atoms with E-state index in [4.69, 9.17) is 20.3 Å². The molecule has 0 aliphatic heterocycles. The third-order valence-electron chi connectivity index (χ3n) is 3.23. The number of aliphatic hydroxyl groups excluding tert-OH is 1. The quantitative estimate of drug-likeness (QED) is 0.607. The molecule has 0 aliphatic rings. The Morgan fingerprint density at radius 1 is 1.05 bits per heavy atom. The smallest absolute Gasteiger partial charge is 0.161 e. The second kappa shape index (κ2) is 7.55. The van der Waals surface area contributed by atoms with Gasteiger partial charge in [-0.2, -0.15) is 0 Å². The largest absolute Gasteiger partial charge is 0.493 e. The molecule has 3 N–H and O–H groups in total. The molecule has 4 nitrogen and oxygen atoms in total. The Morgan fingerprint density at radius 2 is 1.90 bits per heavy atom. The van der Waals surface area contributed by atoms with Crippen molar-refractivity contribution in [3.8, 4) is 11.5 Å². The lowest BCUT2D eigenvalue weighted by Gasteiger charge is -2.11. The Morgan fingerprint density at radius 3 is 2.62 bits per heavy atom. The average Bonchev–Trinajstić information content (AvgIpc) is 2.51. The van der Waals surface area contributed by atoms with E-state index in [-0.39, 0.29) is 6.61 Å². The molecule has 2 aromatic carbocycles. The van der Waals surface area contributed by atoms with Gasteiger partial charge in [-0.15, -0.1) is 0 Å². The predicted molar refractivity (Wildman–Crippen MR) is 83.6 cm³/mol. The van der Waals surface area contributed by atoms with Crippen LogP contribution in [-0.2, 0) is 13.0 Å². The third kappa shape index (κ3) is 4.39. The highest BCUT2D eigenvalue weighted by Gasteiger charge is 2.05. The lowest BCUT2D eigenvalue weighted by molar-refractivity contribution is 0.276. The summed E-state index contributed by atoms with van der Waals surface area (Å²) in [5, 5.41) is 9.10. The van der Waals surface area contributed by atoms with E-state index >= 15 is 0 Å². The lowest BCUT2D eigenvalue weighted by atomic mass is 10.1. The third-order valence-corrected chi connectivity index (χ3v) is 3.23. The Hall–Kier alpha value is -2.20. The standard InChI is InChI=1S/C17H21NO3/c1-20-17-11-14(12-19)7-8-16(17)21-9-3-5-13-4-2-6-15(18)10-13/h2,4,6-8,10-11,19H,3,5,9,12,18H2,1H3. The molecule has 0 saturated heterocycles. The van der Waals surface area contributed by atoms with Gasteiger partial charge in [-0.25, -0.2) is 0 Å². The van der Waals surface area contributed by atoms with Crippen molar-refractivity contribution in [1.82, 2.24) is 0 Å². The molecule has 21 heavy (non-hydrogen) atoms. The van der Waals surface area contributed by atoms with Gasteiger partial charge in [0.05, 0.1) is 20.3 Å². The van der Waals surface area contributed by atoms with E-state index in [1.165, 1.54) is 5.56 Å². The van der Waals surface area contributed by atoms with Gasteiger partial charge in [-0.1, -0.05) is 18.2 Å². The van der Waals surface area contributed by atoms with Crippen molar-refractivity contribution in [3.63, 3.8) is 0 Å². The molecule has 0 fully saturated rings. The molecule has 0 bridgehead atoms. The van der Waals surface area contributed by atoms with E-state index in [1.807, 2.05) is 30.3 Å². The van der Waals surface area contributed by atoms with E-state index in [0.29, 0.717) is 18.1 Å². The Bertz CT molecular complexity index is 584. The number of anilines is 1. The fourth-order valence-corrected chi connectivity index (χ4v) is 2.14. The van der Waals surface area contributed by atoms with E-state index in [1.54, 1.807) is 13.2 Å². The second-order valence-electron chi connectivity index (χ2n) is 4.84. The molecule has 0 radical (unpaired) electrons. The lowest BCUT2D eigenvalue weighted by Crippen LogP contribution is -2.01. The van der Waals surface area contributed by atoms with Gasteiger partial charge in [0, 0.05) is 5.69 Å². The first-order valence-corrected chi connectivity index (χ1v) is 6.98. The van der Waals surface area contributed by atoms with Crippen molar-refractivity contribution in [1.29, 1.82) is 0 Å². The van der Waals surface area contributed by atoms with E-state index in [2.05, 4.69) is 6.07 Å². The predicted octanol–water partition coefficient (Wildman–Crippen LogP) is 2.78. The summed E-state index contributed by atoms with van der Waals surface area (Å²) in [7, 11) is 1.59. The maximum atomic E-state index is 9.10. The van der Waals surface area contributed by atoms with E-state index < -0.39 is 0 Å². The van der Waals surface area contributed by atoms with Crippen LogP contribution in [0.1, 0.15) is 17.5 Å². The average molecular weight is 287 g/mol. The molecule has 0 atom stereocenters. The Balaban J connectivity index is 1.86. The zero-order valence-electron chi connectivity index (χ0n) is 12.2. The summed E-state index contributed by atoms with van der Waals surface area (Å²) in [5.74, 6) is 1.34. The number of aryl methyl sites for hydroxylation is 1.